The van der Waals surface area contributed by atoms with Crippen LogP contribution in [0.5, 0.6) is 5.75 Å². The summed E-state index contributed by atoms with van der Waals surface area (Å²) in [5.41, 5.74) is 2.94. The highest BCUT2D eigenvalue weighted by atomic mass is 32.2. The number of benzene rings is 3. The molecule has 0 aliphatic carbocycles. The van der Waals surface area contributed by atoms with Crippen molar-refractivity contribution in [3.63, 3.8) is 0 Å². The number of anilines is 1. The molecule has 0 saturated carbocycles. The maximum atomic E-state index is 14.2. The molecule has 0 aliphatic rings. The maximum absolute atomic E-state index is 14.2. The van der Waals surface area contributed by atoms with Crippen molar-refractivity contribution in [1.82, 2.24) is 10.2 Å². The summed E-state index contributed by atoms with van der Waals surface area (Å²) in [4.78, 5) is 29.0. The van der Waals surface area contributed by atoms with E-state index in [1.165, 1.54) is 9.21 Å². The van der Waals surface area contributed by atoms with Crippen LogP contribution in [0.15, 0.2) is 77.7 Å². The van der Waals surface area contributed by atoms with Crippen molar-refractivity contribution >= 4 is 27.5 Å². The number of amides is 2. The van der Waals surface area contributed by atoms with Gasteiger partial charge in [0.05, 0.1) is 17.7 Å². The molecule has 2 amide bonds. The summed E-state index contributed by atoms with van der Waals surface area (Å²) in [7, 11) is -2.54. The third-order valence-electron chi connectivity index (χ3n) is 6.86. The third kappa shape index (κ3) is 7.88. The van der Waals surface area contributed by atoms with Crippen LogP contribution in [-0.4, -0.2) is 50.9 Å². The van der Waals surface area contributed by atoms with Crippen LogP contribution in [0.4, 0.5) is 5.69 Å². The molecule has 1 N–H and O–H groups in total. The molecular weight excluding hydrogens is 538 g/mol. The number of nitrogens with one attached hydrogen (secondary N) is 1. The quantitative estimate of drug-likeness (QED) is 0.304. The Kier molecular flexibility index (Phi) is 10.9. The zero-order valence-electron chi connectivity index (χ0n) is 24.8. The fourth-order valence-corrected chi connectivity index (χ4v) is 6.08. The lowest BCUT2D eigenvalue weighted by atomic mass is 10.1. The van der Waals surface area contributed by atoms with Crippen molar-refractivity contribution in [2.24, 2.45) is 0 Å². The van der Waals surface area contributed by atoms with Crippen LogP contribution in [0, 0.1) is 6.92 Å². The largest absolute Gasteiger partial charge is 0.497 e. The lowest BCUT2D eigenvalue weighted by molar-refractivity contribution is -0.140. The van der Waals surface area contributed by atoms with E-state index in [0.29, 0.717) is 24.3 Å². The van der Waals surface area contributed by atoms with E-state index in [1.54, 1.807) is 55.6 Å². The lowest BCUT2D eigenvalue weighted by Crippen LogP contribution is -2.53. The average Bonchev–Trinajstić information content (AvgIpc) is 2.95. The summed E-state index contributed by atoms with van der Waals surface area (Å²) in [6.45, 7) is 9.04. The molecule has 0 saturated heterocycles. The van der Waals surface area contributed by atoms with Gasteiger partial charge in [-0.25, -0.2) is 8.42 Å². The Morgan fingerprint density at radius 3 is 2.12 bits per heavy atom. The highest BCUT2D eigenvalue weighted by molar-refractivity contribution is 7.92. The van der Waals surface area contributed by atoms with Gasteiger partial charge in [-0.3, -0.25) is 13.9 Å². The summed E-state index contributed by atoms with van der Waals surface area (Å²) in [5.74, 6) is -0.0952. The van der Waals surface area contributed by atoms with Crippen LogP contribution < -0.4 is 14.4 Å². The standard InChI is InChI=1S/C32H41N3O5S/c1-7-26-11-9-10-12-30(26)35(41(38,39)28-19-13-24(5)14-20-28)22-31(36)34(29(8-2)32(37)33-23(3)4)21-25-15-17-27(40-6)18-16-25/h9-20,23,29H,7-8,21-22H2,1-6H3,(H,33,37)/t29-/m1/s1. The lowest BCUT2D eigenvalue weighted by Gasteiger charge is -2.34. The maximum Gasteiger partial charge on any atom is 0.264 e. The minimum atomic E-state index is -4.12. The topological polar surface area (TPSA) is 96.0 Å². The first-order chi connectivity index (χ1) is 19.5. The Labute approximate surface area is 244 Å². The Hall–Kier alpha value is -3.85. The first-order valence-electron chi connectivity index (χ1n) is 13.9. The summed E-state index contributed by atoms with van der Waals surface area (Å²) in [5, 5.41) is 2.91. The van der Waals surface area contributed by atoms with Crippen LogP contribution in [0.2, 0.25) is 0 Å². The highest BCUT2D eigenvalue weighted by Gasteiger charge is 2.34. The zero-order valence-corrected chi connectivity index (χ0v) is 25.6. The van der Waals surface area contributed by atoms with Crippen LogP contribution in [-0.2, 0) is 32.6 Å². The van der Waals surface area contributed by atoms with E-state index in [2.05, 4.69) is 5.32 Å². The summed E-state index contributed by atoms with van der Waals surface area (Å²) >= 11 is 0. The van der Waals surface area contributed by atoms with Gasteiger partial charge in [0.2, 0.25) is 11.8 Å². The van der Waals surface area contributed by atoms with Crippen molar-refractivity contribution in [3.8, 4) is 5.75 Å². The molecule has 8 nitrogen and oxygen atoms in total. The van der Waals surface area contributed by atoms with Crippen molar-refractivity contribution in [2.75, 3.05) is 18.0 Å². The Morgan fingerprint density at radius 1 is 0.927 bits per heavy atom. The summed E-state index contributed by atoms with van der Waals surface area (Å²) in [6, 6.07) is 20.1. The molecule has 220 valence electrons. The summed E-state index contributed by atoms with van der Waals surface area (Å²) in [6.07, 6.45) is 0.935. The number of methoxy groups -OCH3 is 1. The van der Waals surface area contributed by atoms with Gasteiger partial charge < -0.3 is 15.0 Å². The molecule has 3 aromatic carbocycles. The van der Waals surface area contributed by atoms with Crippen molar-refractivity contribution in [2.45, 2.75) is 71.0 Å². The molecule has 0 radical (unpaired) electrons. The molecule has 0 aliphatic heterocycles. The fourth-order valence-electron chi connectivity index (χ4n) is 4.63. The first-order valence-corrected chi connectivity index (χ1v) is 15.4. The number of nitrogens with zero attached hydrogens (tertiary/aromatic N) is 2. The molecule has 0 heterocycles. The second kappa shape index (κ2) is 14.2. The number of rotatable bonds is 13. The molecule has 3 rings (SSSR count). The van der Waals surface area contributed by atoms with Crippen LogP contribution in [0.3, 0.4) is 0 Å². The molecule has 1 atom stereocenters. The van der Waals surface area contributed by atoms with Gasteiger partial charge in [0.15, 0.2) is 0 Å². The summed E-state index contributed by atoms with van der Waals surface area (Å²) < 4.78 is 34.6. The molecule has 41 heavy (non-hydrogen) atoms. The number of para-hydroxylation sites is 1. The smallest absolute Gasteiger partial charge is 0.264 e. The van der Waals surface area contributed by atoms with Crippen LogP contribution >= 0.6 is 0 Å². The van der Waals surface area contributed by atoms with Gasteiger partial charge in [0.25, 0.3) is 10.0 Å². The van der Waals surface area contributed by atoms with E-state index >= 15 is 0 Å². The third-order valence-corrected chi connectivity index (χ3v) is 8.63. The van der Waals surface area contributed by atoms with E-state index < -0.39 is 28.5 Å². The van der Waals surface area contributed by atoms with E-state index in [9.17, 15) is 18.0 Å². The number of ether oxygens (including phenoxy) is 1. The van der Waals surface area contributed by atoms with Gasteiger partial charge in [0.1, 0.15) is 18.3 Å². The number of hydrogen-bond donors (Lipinski definition) is 1. The minimum absolute atomic E-state index is 0.0908. The second-order valence-corrected chi connectivity index (χ2v) is 12.1. The van der Waals surface area contributed by atoms with E-state index in [-0.39, 0.29) is 23.4 Å². The molecule has 0 unspecified atom stereocenters. The molecule has 0 fully saturated rings. The van der Waals surface area contributed by atoms with Gasteiger partial charge in [-0.05, 0) is 75.1 Å². The Bertz CT molecular complexity index is 1420. The second-order valence-electron chi connectivity index (χ2n) is 10.3. The number of carbonyl (C=O) groups excluding carboxylic acids is 2. The fraction of sp³-hybridized carbons (Fsp3) is 0.375. The van der Waals surface area contributed by atoms with Gasteiger partial charge in [0, 0.05) is 12.6 Å². The van der Waals surface area contributed by atoms with Crippen molar-refractivity contribution in [1.29, 1.82) is 0 Å². The Morgan fingerprint density at radius 2 is 1.56 bits per heavy atom. The number of aryl methyl sites for hydroxylation is 2. The number of carbonyl (C=O) groups is 2. The predicted octanol–water partition coefficient (Wildman–Crippen LogP) is 5.09. The SMILES string of the molecule is CCc1ccccc1N(CC(=O)N(Cc1ccc(OC)cc1)[C@H](CC)C(=O)NC(C)C)S(=O)(=O)c1ccc(C)cc1. The predicted molar refractivity (Wildman–Crippen MR) is 162 cm³/mol. The van der Waals surface area contributed by atoms with Gasteiger partial charge in [-0.2, -0.15) is 0 Å². The van der Waals surface area contributed by atoms with Gasteiger partial charge >= 0.3 is 0 Å². The number of hydrogen-bond acceptors (Lipinski definition) is 5. The van der Waals surface area contributed by atoms with E-state index in [0.717, 1.165) is 16.7 Å². The Balaban J connectivity index is 2.09. The van der Waals surface area contributed by atoms with Crippen molar-refractivity contribution < 1.29 is 22.7 Å². The molecule has 0 aromatic heterocycles. The van der Waals surface area contributed by atoms with Crippen LogP contribution in [0.1, 0.15) is 50.8 Å². The van der Waals surface area contributed by atoms with Crippen molar-refractivity contribution in [3.05, 3.63) is 89.5 Å². The van der Waals surface area contributed by atoms with E-state index in [4.69, 9.17) is 4.74 Å². The van der Waals surface area contributed by atoms with Gasteiger partial charge in [-0.15, -0.1) is 0 Å². The monoisotopic (exact) mass is 579 g/mol. The highest BCUT2D eigenvalue weighted by Crippen LogP contribution is 2.28. The minimum Gasteiger partial charge on any atom is -0.497 e. The zero-order chi connectivity index (χ0) is 30.2. The average molecular weight is 580 g/mol. The van der Waals surface area contributed by atoms with Gasteiger partial charge in [-0.1, -0.05) is 61.9 Å². The molecule has 0 spiro atoms. The molecular formula is C32H41N3O5S. The number of sulfonamides is 1. The normalized spacial score (nSPS) is 12.1. The molecule has 9 heteroatoms. The molecule has 3 aromatic rings. The van der Waals surface area contributed by atoms with E-state index in [1.807, 2.05) is 58.9 Å². The van der Waals surface area contributed by atoms with Crippen LogP contribution in [0.25, 0.3) is 0 Å². The first kappa shape index (κ1) is 31.7. The molecule has 0 bridgehead atoms.